The highest BCUT2D eigenvalue weighted by Gasteiger charge is 2.34. The van der Waals surface area contributed by atoms with Crippen molar-refractivity contribution in [3.63, 3.8) is 0 Å². The van der Waals surface area contributed by atoms with Crippen molar-refractivity contribution in [2.75, 3.05) is 4.90 Å². The first-order valence-electron chi connectivity index (χ1n) is 11.3. The average Bonchev–Trinajstić information content (AvgIpc) is 3.65. The quantitative estimate of drug-likeness (QED) is 0.527. The Kier molecular flexibility index (Phi) is 6.69. The molecule has 1 saturated carbocycles. The molecular weight excluding hydrogens is 396 g/mol. The van der Waals surface area contributed by atoms with Crippen LogP contribution in [0.25, 0.3) is 0 Å². The summed E-state index contributed by atoms with van der Waals surface area (Å²) in [6.07, 6.45) is 2.26. The zero-order chi connectivity index (χ0) is 22.5. The lowest BCUT2D eigenvalue weighted by Crippen LogP contribution is -2.31. The van der Waals surface area contributed by atoms with E-state index >= 15 is 0 Å². The topological polar surface area (TPSA) is 49.4 Å². The first kappa shape index (κ1) is 21.8. The largest absolute Gasteiger partial charge is 0.349 e. The van der Waals surface area contributed by atoms with Gasteiger partial charge in [0.15, 0.2) is 0 Å². The van der Waals surface area contributed by atoms with Crippen LogP contribution in [0, 0.1) is 12.8 Å². The Morgan fingerprint density at radius 1 is 0.906 bits per heavy atom. The summed E-state index contributed by atoms with van der Waals surface area (Å²) in [7, 11) is 0. The number of benzene rings is 3. The van der Waals surface area contributed by atoms with Crippen molar-refractivity contribution in [3.05, 3.63) is 101 Å². The Morgan fingerprint density at radius 2 is 1.53 bits per heavy atom. The van der Waals surface area contributed by atoms with Crippen molar-refractivity contribution in [3.8, 4) is 0 Å². The van der Waals surface area contributed by atoms with E-state index in [0.29, 0.717) is 13.0 Å². The fraction of sp³-hybridized carbons (Fsp3) is 0.286. The van der Waals surface area contributed by atoms with E-state index in [1.807, 2.05) is 66.4 Å². The van der Waals surface area contributed by atoms with Gasteiger partial charge < -0.3 is 10.2 Å². The Morgan fingerprint density at radius 3 is 2.16 bits per heavy atom. The molecular formula is C28H30N2O2. The Hall–Kier alpha value is -3.40. The molecule has 4 rings (SSSR count). The number of nitrogens with zero attached hydrogens (tertiary/aromatic N) is 1. The highest BCUT2D eigenvalue weighted by atomic mass is 16.2. The minimum Gasteiger partial charge on any atom is -0.349 e. The summed E-state index contributed by atoms with van der Waals surface area (Å²) in [5, 5.41) is 3.06. The molecule has 1 fully saturated rings. The van der Waals surface area contributed by atoms with Gasteiger partial charge >= 0.3 is 0 Å². The monoisotopic (exact) mass is 426 g/mol. The van der Waals surface area contributed by atoms with E-state index in [0.717, 1.165) is 35.2 Å². The van der Waals surface area contributed by atoms with Gasteiger partial charge in [0.2, 0.25) is 11.8 Å². The summed E-state index contributed by atoms with van der Waals surface area (Å²) in [5.74, 6) is 0.317. The molecule has 0 aromatic heterocycles. The van der Waals surface area contributed by atoms with Gasteiger partial charge in [-0.05, 0) is 55.5 Å². The Bertz CT molecular complexity index is 1050. The van der Waals surface area contributed by atoms with Gasteiger partial charge in [-0.1, -0.05) is 72.3 Å². The number of carbonyl (C=O) groups is 2. The van der Waals surface area contributed by atoms with Crippen molar-refractivity contribution in [1.82, 2.24) is 5.32 Å². The summed E-state index contributed by atoms with van der Waals surface area (Å²) < 4.78 is 0. The molecule has 0 bridgehead atoms. The Balaban J connectivity index is 1.42. The van der Waals surface area contributed by atoms with E-state index in [1.54, 1.807) is 0 Å². The third-order valence-electron chi connectivity index (χ3n) is 5.94. The lowest BCUT2D eigenvalue weighted by atomic mass is 10.1. The lowest BCUT2D eigenvalue weighted by Gasteiger charge is -2.23. The number of nitrogens with one attached hydrogen (secondary N) is 1. The van der Waals surface area contributed by atoms with Crippen LogP contribution in [0.4, 0.5) is 5.69 Å². The van der Waals surface area contributed by atoms with Gasteiger partial charge in [0.05, 0.1) is 19.0 Å². The van der Waals surface area contributed by atoms with Gasteiger partial charge in [0.1, 0.15) is 0 Å². The molecule has 164 valence electrons. The normalized spacial score (nSPS) is 13.9. The summed E-state index contributed by atoms with van der Waals surface area (Å²) >= 11 is 0. The average molecular weight is 427 g/mol. The van der Waals surface area contributed by atoms with Gasteiger partial charge in [-0.25, -0.2) is 0 Å². The van der Waals surface area contributed by atoms with E-state index in [2.05, 4.69) is 36.5 Å². The van der Waals surface area contributed by atoms with Crippen molar-refractivity contribution < 1.29 is 9.59 Å². The molecule has 3 aromatic rings. The van der Waals surface area contributed by atoms with Crippen LogP contribution in [-0.2, 0) is 22.6 Å². The summed E-state index contributed by atoms with van der Waals surface area (Å²) in [4.78, 5) is 27.4. The SMILES string of the molecule is Cc1ccc(CN(C(=O)C2CC2)c2ccc(CC(=O)N[C@H](C)c3ccccc3)cc2)cc1. The number of hydrogen-bond acceptors (Lipinski definition) is 2. The second-order valence-corrected chi connectivity index (χ2v) is 8.73. The highest BCUT2D eigenvalue weighted by Crippen LogP contribution is 2.33. The van der Waals surface area contributed by atoms with E-state index in [1.165, 1.54) is 5.56 Å². The molecule has 4 nitrogen and oxygen atoms in total. The first-order valence-corrected chi connectivity index (χ1v) is 11.3. The second-order valence-electron chi connectivity index (χ2n) is 8.73. The van der Waals surface area contributed by atoms with Crippen molar-refractivity contribution in [2.45, 2.75) is 45.7 Å². The van der Waals surface area contributed by atoms with Crippen molar-refractivity contribution >= 4 is 17.5 Å². The van der Waals surface area contributed by atoms with Crippen LogP contribution in [0.1, 0.15) is 48.1 Å². The third kappa shape index (κ3) is 5.64. The zero-order valence-electron chi connectivity index (χ0n) is 18.8. The summed E-state index contributed by atoms with van der Waals surface area (Å²) in [5.41, 5.74) is 5.22. The van der Waals surface area contributed by atoms with Crippen molar-refractivity contribution in [2.24, 2.45) is 5.92 Å². The minimum absolute atomic E-state index is 0.0142. The molecule has 0 saturated heterocycles. The van der Waals surface area contributed by atoms with Crippen LogP contribution in [0.2, 0.25) is 0 Å². The van der Waals surface area contributed by atoms with Crippen LogP contribution in [-0.4, -0.2) is 11.8 Å². The van der Waals surface area contributed by atoms with Crippen LogP contribution in [0.5, 0.6) is 0 Å². The maximum Gasteiger partial charge on any atom is 0.230 e. The minimum atomic E-state index is -0.0378. The molecule has 1 aliphatic carbocycles. The number of aryl methyl sites for hydroxylation is 1. The molecule has 2 amide bonds. The number of carbonyl (C=O) groups excluding carboxylic acids is 2. The fourth-order valence-corrected chi connectivity index (χ4v) is 3.82. The first-order chi connectivity index (χ1) is 15.5. The second kappa shape index (κ2) is 9.82. The van der Waals surface area contributed by atoms with E-state index in [9.17, 15) is 9.59 Å². The zero-order valence-corrected chi connectivity index (χ0v) is 18.8. The smallest absolute Gasteiger partial charge is 0.230 e. The number of anilines is 1. The van der Waals surface area contributed by atoms with Crippen LogP contribution < -0.4 is 10.2 Å². The van der Waals surface area contributed by atoms with E-state index < -0.39 is 0 Å². The van der Waals surface area contributed by atoms with Gasteiger partial charge in [0, 0.05) is 11.6 Å². The number of amides is 2. The summed E-state index contributed by atoms with van der Waals surface area (Å²) in [6.45, 7) is 4.61. The number of rotatable bonds is 8. The number of hydrogen-bond donors (Lipinski definition) is 1. The standard InChI is InChI=1S/C28H30N2O2/c1-20-8-10-23(11-9-20)19-30(28(32)25-14-15-25)26-16-12-22(13-17-26)18-27(31)29-21(2)24-6-4-3-5-7-24/h3-13,16-17,21,25H,14-15,18-19H2,1-2H3,(H,29,31)/t21-/m1/s1. The molecule has 1 atom stereocenters. The molecule has 0 radical (unpaired) electrons. The van der Waals surface area contributed by atoms with Crippen LogP contribution >= 0.6 is 0 Å². The molecule has 0 spiro atoms. The summed E-state index contributed by atoms with van der Waals surface area (Å²) in [6, 6.07) is 26.0. The molecule has 4 heteroatoms. The molecule has 0 aliphatic heterocycles. The predicted molar refractivity (Wildman–Crippen MR) is 128 cm³/mol. The van der Waals surface area contributed by atoms with E-state index in [-0.39, 0.29) is 23.8 Å². The van der Waals surface area contributed by atoms with Gasteiger partial charge in [-0.2, -0.15) is 0 Å². The van der Waals surface area contributed by atoms with E-state index in [4.69, 9.17) is 0 Å². The molecule has 32 heavy (non-hydrogen) atoms. The highest BCUT2D eigenvalue weighted by molar-refractivity contribution is 5.96. The molecule has 1 aliphatic rings. The van der Waals surface area contributed by atoms with Gasteiger partial charge in [-0.3, -0.25) is 9.59 Å². The third-order valence-corrected chi connectivity index (χ3v) is 5.94. The maximum atomic E-state index is 13.0. The van der Waals surface area contributed by atoms with Gasteiger partial charge in [-0.15, -0.1) is 0 Å². The maximum absolute atomic E-state index is 13.0. The molecule has 0 heterocycles. The lowest BCUT2D eigenvalue weighted by molar-refractivity contribution is -0.121. The van der Waals surface area contributed by atoms with Crippen molar-refractivity contribution in [1.29, 1.82) is 0 Å². The van der Waals surface area contributed by atoms with Crippen LogP contribution in [0.15, 0.2) is 78.9 Å². The molecule has 0 unspecified atom stereocenters. The van der Waals surface area contributed by atoms with Crippen LogP contribution in [0.3, 0.4) is 0 Å². The fourth-order valence-electron chi connectivity index (χ4n) is 3.82. The predicted octanol–water partition coefficient (Wildman–Crippen LogP) is 5.36. The molecule has 3 aromatic carbocycles. The van der Waals surface area contributed by atoms with Gasteiger partial charge in [0.25, 0.3) is 0 Å². The Labute approximate surface area is 190 Å². The molecule has 1 N–H and O–H groups in total.